The van der Waals surface area contributed by atoms with Gasteiger partial charge in [0.05, 0.1) is 38.6 Å². The maximum atomic E-state index is 16.3. The highest BCUT2D eigenvalue weighted by Crippen LogP contribution is 2.57. The average Bonchev–Trinajstić information content (AvgIpc) is 3.84. The lowest BCUT2D eigenvalue weighted by molar-refractivity contribution is -0.126. The third kappa shape index (κ3) is 5.36. The number of carbonyl (C=O) groups excluding carboxylic acids is 2. The Bertz CT molecular complexity index is 1950. The molecule has 1 saturated heterocycles. The molecule has 3 N–H and O–H groups in total. The molecule has 3 aliphatic heterocycles. The second kappa shape index (κ2) is 12.9. The number of esters is 2. The lowest BCUT2D eigenvalue weighted by Gasteiger charge is -2.27. The van der Waals surface area contributed by atoms with Crippen molar-refractivity contribution in [2.75, 3.05) is 46.8 Å². The molecule has 1 fully saturated rings. The number of methoxy groups -OCH3 is 2. The van der Waals surface area contributed by atoms with Crippen LogP contribution in [0.5, 0.6) is 34.5 Å². The molecule has 258 valence electrons. The smallest absolute Gasteiger partial charge is 0.351 e. The molecule has 1 aromatic heterocycles. The monoisotopic (exact) mass is 686 g/mol. The molecular formula is C29H27FN6O13. The summed E-state index contributed by atoms with van der Waals surface area (Å²) in [5.74, 6) is -2.27. The number of hydrogen-bond donors (Lipinski definition) is 2. The zero-order valence-corrected chi connectivity index (χ0v) is 25.9. The minimum absolute atomic E-state index is 0.0245. The molecule has 49 heavy (non-hydrogen) atoms. The molecule has 20 heteroatoms. The SMILES string of the molecule is CCOC(=O)c1cc(OC)c2c(c1-c1c(C(=O)O[C@H]3[C@H](F)[C@H](n4ccc(N)nc4=O)O[C@@]3(CO)N=[N+]=[N-])cc(OC)c3c1OCO3)OCO2. The van der Waals surface area contributed by atoms with Crippen LogP contribution in [-0.2, 0) is 14.2 Å². The number of fused-ring (bicyclic) bond motifs is 2. The number of nitrogens with two attached hydrogens (primary N) is 1. The Morgan fingerprint density at radius 3 is 2.16 bits per heavy atom. The lowest BCUT2D eigenvalue weighted by Crippen LogP contribution is -2.46. The summed E-state index contributed by atoms with van der Waals surface area (Å²) in [7, 11) is 2.62. The number of ether oxygens (including phenoxy) is 9. The Hall–Kier alpha value is -5.98. The summed E-state index contributed by atoms with van der Waals surface area (Å²) >= 11 is 0. The third-order valence-electron chi connectivity index (χ3n) is 7.75. The second-order valence-corrected chi connectivity index (χ2v) is 10.4. The summed E-state index contributed by atoms with van der Waals surface area (Å²) in [5.41, 5.74) is 10.5. The maximum absolute atomic E-state index is 16.3. The zero-order chi connectivity index (χ0) is 35.0. The predicted molar refractivity (Wildman–Crippen MR) is 159 cm³/mol. The molecule has 0 amide bonds. The van der Waals surface area contributed by atoms with Crippen molar-refractivity contribution in [1.82, 2.24) is 9.55 Å². The summed E-state index contributed by atoms with van der Waals surface area (Å²) in [5, 5.41) is 13.7. The molecule has 19 nitrogen and oxygen atoms in total. The van der Waals surface area contributed by atoms with Gasteiger partial charge in [0, 0.05) is 22.2 Å². The molecule has 0 radical (unpaired) electrons. The van der Waals surface area contributed by atoms with Crippen LogP contribution >= 0.6 is 0 Å². The molecule has 0 aliphatic carbocycles. The summed E-state index contributed by atoms with van der Waals surface area (Å²) in [4.78, 5) is 46.4. The molecule has 4 heterocycles. The van der Waals surface area contributed by atoms with Crippen LogP contribution in [-0.4, -0.2) is 85.6 Å². The minimum Gasteiger partial charge on any atom is -0.493 e. The van der Waals surface area contributed by atoms with E-state index in [1.165, 1.54) is 32.4 Å². The number of hydrogen-bond acceptors (Lipinski definition) is 16. The highest BCUT2D eigenvalue weighted by atomic mass is 19.1. The molecule has 0 saturated carbocycles. The van der Waals surface area contributed by atoms with Gasteiger partial charge < -0.3 is 53.5 Å². The molecule has 0 bridgehead atoms. The highest BCUT2D eigenvalue weighted by Gasteiger charge is 2.59. The molecule has 0 spiro atoms. The van der Waals surface area contributed by atoms with E-state index in [0.717, 1.165) is 6.20 Å². The number of aliphatic hydroxyl groups excluding tert-OH is 1. The van der Waals surface area contributed by atoms with Crippen molar-refractivity contribution in [3.05, 3.63) is 56.4 Å². The number of alkyl halides is 1. The van der Waals surface area contributed by atoms with Crippen molar-refractivity contribution in [2.24, 2.45) is 5.11 Å². The van der Waals surface area contributed by atoms with Gasteiger partial charge in [0.1, 0.15) is 5.82 Å². The van der Waals surface area contributed by atoms with Crippen molar-refractivity contribution >= 4 is 17.8 Å². The Morgan fingerprint density at radius 1 is 1.08 bits per heavy atom. The number of nitrogens with zero attached hydrogens (tertiary/aromatic N) is 5. The molecular weight excluding hydrogens is 659 g/mol. The Kier molecular flexibility index (Phi) is 8.68. The van der Waals surface area contributed by atoms with Crippen molar-refractivity contribution in [1.29, 1.82) is 0 Å². The first-order valence-corrected chi connectivity index (χ1v) is 14.4. The van der Waals surface area contributed by atoms with E-state index in [4.69, 9.17) is 48.4 Å². The fourth-order valence-electron chi connectivity index (χ4n) is 5.63. The van der Waals surface area contributed by atoms with Gasteiger partial charge in [0.15, 0.2) is 41.5 Å². The highest BCUT2D eigenvalue weighted by molar-refractivity contribution is 6.08. The molecule has 4 atom stereocenters. The number of benzene rings is 2. The van der Waals surface area contributed by atoms with Crippen LogP contribution in [0.2, 0.25) is 0 Å². The van der Waals surface area contributed by atoms with E-state index in [-0.39, 0.29) is 77.2 Å². The van der Waals surface area contributed by atoms with E-state index < -0.39 is 54.0 Å². The van der Waals surface area contributed by atoms with Crippen LogP contribution in [0.25, 0.3) is 21.6 Å². The number of rotatable bonds is 10. The zero-order valence-electron chi connectivity index (χ0n) is 25.9. The first-order chi connectivity index (χ1) is 23.6. The molecule has 2 aromatic carbocycles. The van der Waals surface area contributed by atoms with E-state index >= 15 is 4.39 Å². The van der Waals surface area contributed by atoms with Crippen LogP contribution in [0.15, 0.2) is 34.3 Å². The van der Waals surface area contributed by atoms with Gasteiger partial charge in [0.25, 0.3) is 0 Å². The minimum atomic E-state index is -2.57. The van der Waals surface area contributed by atoms with E-state index in [1.807, 2.05) is 0 Å². The van der Waals surface area contributed by atoms with E-state index in [0.29, 0.717) is 4.57 Å². The Balaban J connectivity index is 1.54. The largest absolute Gasteiger partial charge is 0.493 e. The topological polar surface area (TPSA) is 247 Å². The van der Waals surface area contributed by atoms with E-state index in [2.05, 4.69) is 15.0 Å². The summed E-state index contributed by atoms with van der Waals surface area (Å²) in [6.45, 7) is -0.260. The van der Waals surface area contributed by atoms with Crippen LogP contribution in [0.1, 0.15) is 33.9 Å². The fraction of sp³-hybridized carbons (Fsp3) is 0.379. The van der Waals surface area contributed by atoms with Crippen molar-refractivity contribution < 1.29 is 61.7 Å². The summed E-state index contributed by atoms with van der Waals surface area (Å²) in [6, 6.07) is 3.66. The van der Waals surface area contributed by atoms with Gasteiger partial charge >= 0.3 is 17.6 Å². The third-order valence-corrected chi connectivity index (χ3v) is 7.75. The molecule has 0 unspecified atom stereocenters. The maximum Gasteiger partial charge on any atom is 0.351 e. The van der Waals surface area contributed by atoms with Gasteiger partial charge in [-0.15, -0.1) is 0 Å². The summed E-state index contributed by atoms with van der Waals surface area (Å²) < 4.78 is 67.1. The number of nitrogen functional groups attached to an aromatic ring is 1. The van der Waals surface area contributed by atoms with Gasteiger partial charge in [-0.25, -0.2) is 18.8 Å². The molecule has 3 aliphatic rings. The number of azide groups is 1. The fourth-order valence-corrected chi connectivity index (χ4v) is 5.63. The predicted octanol–water partition coefficient (Wildman–Crippen LogP) is 2.24. The van der Waals surface area contributed by atoms with Crippen LogP contribution in [0.3, 0.4) is 0 Å². The van der Waals surface area contributed by atoms with Crippen LogP contribution in [0, 0.1) is 0 Å². The Labute approximate surface area is 274 Å². The number of aromatic nitrogens is 2. The first-order valence-electron chi connectivity index (χ1n) is 14.4. The second-order valence-electron chi connectivity index (χ2n) is 10.4. The van der Waals surface area contributed by atoms with Crippen LogP contribution in [0.4, 0.5) is 10.2 Å². The van der Waals surface area contributed by atoms with Crippen molar-refractivity contribution in [3.63, 3.8) is 0 Å². The van der Waals surface area contributed by atoms with E-state index in [1.54, 1.807) is 6.92 Å². The van der Waals surface area contributed by atoms with Gasteiger partial charge in [-0.1, -0.05) is 5.11 Å². The van der Waals surface area contributed by atoms with Crippen molar-refractivity contribution in [2.45, 2.75) is 31.2 Å². The number of aliphatic hydroxyl groups is 1. The molecule has 6 rings (SSSR count). The van der Waals surface area contributed by atoms with Crippen molar-refractivity contribution in [3.8, 4) is 45.6 Å². The average molecular weight is 687 g/mol. The normalized spacial score (nSPS) is 21.5. The number of anilines is 1. The van der Waals surface area contributed by atoms with Gasteiger partial charge in [0.2, 0.25) is 30.8 Å². The van der Waals surface area contributed by atoms with Crippen LogP contribution < -0.4 is 39.8 Å². The first kappa shape index (κ1) is 32.9. The standard InChI is InChI=1S/C29H27FN6O13/c1-4-43-26(38)12-7-14(41-2)20-22(46-10-44-20)17(12)18-13(8-15(42-3)21-23(18)47-11-45-21)27(39)48-24-19(30)25(49-29(24,9-37)34-35-32)36-6-5-16(31)33-28(36)40/h5-8,19,24-25,37H,4,9-11H2,1-3H3,(H2,31,33,40)/t19-,24-,25+,29+/m0/s1. The number of halogens is 1. The van der Waals surface area contributed by atoms with Gasteiger partial charge in [-0.2, -0.15) is 4.98 Å². The quantitative estimate of drug-likeness (QED) is 0.134. The lowest BCUT2D eigenvalue weighted by atomic mass is 9.91. The summed E-state index contributed by atoms with van der Waals surface area (Å²) in [6.07, 6.45) is -5.42. The van der Waals surface area contributed by atoms with Gasteiger partial charge in [-0.3, -0.25) is 4.57 Å². The number of carbonyl (C=O) groups is 2. The molecule has 3 aromatic rings. The Morgan fingerprint density at radius 2 is 1.65 bits per heavy atom. The van der Waals surface area contributed by atoms with Gasteiger partial charge in [-0.05, 0) is 30.7 Å². The van der Waals surface area contributed by atoms with E-state index in [9.17, 15) is 25.0 Å².